The van der Waals surface area contributed by atoms with E-state index in [-0.39, 0.29) is 42.7 Å². The highest BCUT2D eigenvalue weighted by Gasteiger charge is 2.42. The first-order valence-corrected chi connectivity index (χ1v) is 8.39. The minimum atomic E-state index is -0.405. The number of halogens is 2. The van der Waals surface area contributed by atoms with Crippen molar-refractivity contribution >= 4 is 35.8 Å². The highest BCUT2D eigenvalue weighted by atomic mass is 35.5. The molecule has 1 aliphatic heterocycles. The second-order valence-electron chi connectivity index (χ2n) is 6.56. The van der Waals surface area contributed by atoms with E-state index in [1.54, 1.807) is 18.0 Å². The van der Waals surface area contributed by atoms with Gasteiger partial charge in [-0.1, -0.05) is 23.7 Å². The number of nitrogens with one attached hydrogen (secondary N) is 1. The number of nitrogens with two attached hydrogens (primary N) is 1. The Hall–Kier alpha value is -1.30. The number of benzene rings is 1. The smallest absolute Gasteiger partial charge is 0.226 e. The predicted octanol–water partition coefficient (Wildman–Crippen LogP) is 2.13. The summed E-state index contributed by atoms with van der Waals surface area (Å²) in [5, 5.41) is 3.53. The van der Waals surface area contributed by atoms with Crippen LogP contribution in [0.2, 0.25) is 5.02 Å². The lowest BCUT2D eigenvalue weighted by Gasteiger charge is -2.25. The molecule has 3 unspecified atom stereocenters. The van der Waals surface area contributed by atoms with Crippen molar-refractivity contribution in [2.45, 2.75) is 31.3 Å². The molecule has 0 aromatic heterocycles. The third-order valence-electron chi connectivity index (χ3n) is 4.85. The van der Waals surface area contributed by atoms with Crippen molar-refractivity contribution in [3.8, 4) is 0 Å². The number of carbonyl (C=O) groups is 2. The normalized spacial score (nSPS) is 24.5. The predicted molar refractivity (Wildman–Crippen MR) is 96.0 cm³/mol. The van der Waals surface area contributed by atoms with Gasteiger partial charge in [0.2, 0.25) is 11.8 Å². The molecule has 2 fully saturated rings. The molecule has 0 bridgehead atoms. The quantitative estimate of drug-likeness (QED) is 0.832. The van der Waals surface area contributed by atoms with E-state index in [0.717, 1.165) is 18.4 Å². The molecule has 1 aromatic rings. The molecule has 1 saturated heterocycles. The average molecular weight is 372 g/mol. The summed E-state index contributed by atoms with van der Waals surface area (Å²) >= 11 is 6.06. The summed E-state index contributed by atoms with van der Waals surface area (Å²) in [6.07, 6.45) is 2.51. The molecule has 1 aliphatic carbocycles. The number of rotatable bonds is 5. The van der Waals surface area contributed by atoms with Gasteiger partial charge in [-0.2, -0.15) is 0 Å². The Morgan fingerprint density at radius 3 is 2.79 bits per heavy atom. The Bertz CT molecular complexity index is 622. The summed E-state index contributed by atoms with van der Waals surface area (Å²) in [5.41, 5.74) is 6.92. The Labute approximate surface area is 153 Å². The van der Waals surface area contributed by atoms with Crippen molar-refractivity contribution in [3.05, 3.63) is 34.9 Å². The maximum atomic E-state index is 12.6. The van der Waals surface area contributed by atoms with Crippen molar-refractivity contribution in [1.29, 1.82) is 0 Å². The van der Waals surface area contributed by atoms with Gasteiger partial charge in [-0.15, -0.1) is 12.4 Å². The highest BCUT2D eigenvalue weighted by Crippen LogP contribution is 2.38. The van der Waals surface area contributed by atoms with Crippen LogP contribution in [0.3, 0.4) is 0 Å². The molecule has 3 atom stereocenters. The Balaban J connectivity index is 0.00000208. The summed E-state index contributed by atoms with van der Waals surface area (Å²) in [6.45, 7) is 0.472. The first-order chi connectivity index (χ1) is 11.0. The molecular formula is C17H23Cl2N3O2. The fourth-order valence-corrected chi connectivity index (χ4v) is 3.49. The number of hydrogen-bond acceptors (Lipinski definition) is 3. The Morgan fingerprint density at radius 1 is 1.46 bits per heavy atom. The van der Waals surface area contributed by atoms with E-state index in [4.69, 9.17) is 17.3 Å². The molecule has 1 saturated carbocycles. The van der Waals surface area contributed by atoms with Gasteiger partial charge in [0.1, 0.15) is 0 Å². The SMILES string of the molecule is CN1C(=O)CC(C(=O)NCC(N)C2CC2)C1c1cccc(Cl)c1.Cl. The maximum absolute atomic E-state index is 12.6. The van der Waals surface area contributed by atoms with E-state index in [0.29, 0.717) is 17.5 Å². The lowest BCUT2D eigenvalue weighted by molar-refractivity contribution is -0.128. The minimum Gasteiger partial charge on any atom is -0.354 e. The minimum absolute atomic E-state index is 0. The van der Waals surface area contributed by atoms with Crippen molar-refractivity contribution in [2.75, 3.05) is 13.6 Å². The zero-order valence-corrected chi connectivity index (χ0v) is 15.1. The van der Waals surface area contributed by atoms with Gasteiger partial charge in [-0.05, 0) is 36.5 Å². The number of nitrogens with zero attached hydrogens (tertiary/aromatic N) is 1. The monoisotopic (exact) mass is 371 g/mol. The zero-order chi connectivity index (χ0) is 16.6. The molecule has 1 heterocycles. The number of hydrogen-bond donors (Lipinski definition) is 2. The van der Waals surface area contributed by atoms with Gasteiger partial charge in [0, 0.05) is 31.1 Å². The molecule has 5 nitrogen and oxygen atoms in total. The van der Waals surface area contributed by atoms with E-state index in [9.17, 15) is 9.59 Å². The number of likely N-dealkylation sites (tertiary alicyclic amines) is 1. The van der Waals surface area contributed by atoms with E-state index in [1.165, 1.54) is 0 Å². The van der Waals surface area contributed by atoms with Crippen LogP contribution in [0.5, 0.6) is 0 Å². The van der Waals surface area contributed by atoms with Crippen LogP contribution >= 0.6 is 24.0 Å². The lowest BCUT2D eigenvalue weighted by Crippen LogP contribution is -2.42. The molecular weight excluding hydrogens is 349 g/mol. The summed E-state index contributed by atoms with van der Waals surface area (Å²) in [5.74, 6) is -0.00493. The van der Waals surface area contributed by atoms with Crippen molar-refractivity contribution in [1.82, 2.24) is 10.2 Å². The molecule has 0 radical (unpaired) electrons. The highest BCUT2D eigenvalue weighted by molar-refractivity contribution is 6.30. The summed E-state index contributed by atoms with van der Waals surface area (Å²) in [4.78, 5) is 26.3. The van der Waals surface area contributed by atoms with Gasteiger partial charge in [0.05, 0.1) is 12.0 Å². The van der Waals surface area contributed by atoms with Gasteiger partial charge in [0.25, 0.3) is 0 Å². The van der Waals surface area contributed by atoms with Crippen molar-refractivity contribution in [2.24, 2.45) is 17.6 Å². The standard InChI is InChI=1S/C17H22ClN3O2.ClH/c1-21-15(22)8-13(16(21)11-3-2-4-12(18)7-11)17(23)20-9-14(19)10-5-6-10;/h2-4,7,10,13-14,16H,5-6,8-9,19H2,1H3,(H,20,23);1H. The number of amides is 2. The molecule has 2 aliphatic rings. The summed E-state index contributed by atoms with van der Waals surface area (Å²) in [7, 11) is 1.73. The molecule has 2 amide bonds. The average Bonchev–Trinajstić information content (AvgIpc) is 3.32. The molecule has 0 spiro atoms. The van der Waals surface area contributed by atoms with Crippen LogP contribution in [0.1, 0.15) is 30.9 Å². The van der Waals surface area contributed by atoms with E-state index < -0.39 is 5.92 Å². The fraction of sp³-hybridized carbons (Fsp3) is 0.529. The maximum Gasteiger partial charge on any atom is 0.226 e. The molecule has 132 valence electrons. The van der Waals surface area contributed by atoms with Crippen LogP contribution in [0.4, 0.5) is 0 Å². The molecule has 3 N–H and O–H groups in total. The lowest BCUT2D eigenvalue weighted by atomic mass is 9.93. The fourth-order valence-electron chi connectivity index (χ4n) is 3.29. The molecule has 7 heteroatoms. The van der Waals surface area contributed by atoms with E-state index >= 15 is 0 Å². The van der Waals surface area contributed by atoms with Gasteiger partial charge in [0.15, 0.2) is 0 Å². The van der Waals surface area contributed by atoms with Crippen LogP contribution < -0.4 is 11.1 Å². The first kappa shape index (κ1) is 19.0. The zero-order valence-electron chi connectivity index (χ0n) is 13.6. The second-order valence-corrected chi connectivity index (χ2v) is 7.00. The largest absolute Gasteiger partial charge is 0.354 e. The topological polar surface area (TPSA) is 75.4 Å². The van der Waals surface area contributed by atoms with E-state index in [2.05, 4.69) is 5.32 Å². The molecule has 1 aromatic carbocycles. The van der Waals surface area contributed by atoms with Gasteiger partial charge >= 0.3 is 0 Å². The summed E-state index contributed by atoms with van der Waals surface area (Å²) < 4.78 is 0. The van der Waals surface area contributed by atoms with Gasteiger partial charge < -0.3 is 16.0 Å². The van der Waals surface area contributed by atoms with Crippen LogP contribution in [-0.4, -0.2) is 36.3 Å². The molecule has 3 rings (SSSR count). The molecule has 24 heavy (non-hydrogen) atoms. The van der Waals surface area contributed by atoms with Crippen molar-refractivity contribution < 1.29 is 9.59 Å². The van der Waals surface area contributed by atoms with Crippen LogP contribution in [0.25, 0.3) is 0 Å². The van der Waals surface area contributed by atoms with Crippen LogP contribution in [0.15, 0.2) is 24.3 Å². The van der Waals surface area contributed by atoms with E-state index in [1.807, 2.05) is 18.2 Å². The summed E-state index contributed by atoms with van der Waals surface area (Å²) in [6, 6.07) is 7.08. The Morgan fingerprint density at radius 2 is 2.17 bits per heavy atom. The third-order valence-corrected chi connectivity index (χ3v) is 5.09. The third kappa shape index (κ3) is 4.02. The number of carbonyl (C=O) groups excluding carboxylic acids is 2. The van der Waals surface area contributed by atoms with Gasteiger partial charge in [-0.3, -0.25) is 9.59 Å². The Kier molecular flexibility index (Phi) is 6.12. The van der Waals surface area contributed by atoms with Crippen LogP contribution in [0, 0.1) is 11.8 Å². The van der Waals surface area contributed by atoms with Crippen LogP contribution in [-0.2, 0) is 9.59 Å². The first-order valence-electron chi connectivity index (χ1n) is 8.02. The second kappa shape index (κ2) is 7.72. The van der Waals surface area contributed by atoms with Crippen molar-refractivity contribution in [3.63, 3.8) is 0 Å². The van der Waals surface area contributed by atoms with Gasteiger partial charge in [-0.25, -0.2) is 0 Å².